The first kappa shape index (κ1) is 8.17. The third kappa shape index (κ3) is 1.56. The lowest BCUT2D eigenvalue weighted by Crippen LogP contribution is -2.38. The van der Waals surface area contributed by atoms with Gasteiger partial charge < -0.3 is 5.73 Å². The monoisotopic (exact) mass is 162 g/mol. The van der Waals surface area contributed by atoms with Crippen LogP contribution in [0.1, 0.15) is 19.8 Å². The molecule has 1 aliphatic rings. The van der Waals surface area contributed by atoms with Crippen molar-refractivity contribution in [2.24, 2.45) is 5.73 Å². The SMILES string of the molecule is CCS(=O)N1CCCC1N. The highest BCUT2D eigenvalue weighted by molar-refractivity contribution is 7.82. The summed E-state index contributed by atoms with van der Waals surface area (Å²) in [6.07, 6.45) is 2.12. The minimum atomic E-state index is -0.824. The fourth-order valence-electron chi connectivity index (χ4n) is 1.18. The van der Waals surface area contributed by atoms with E-state index in [0.29, 0.717) is 5.75 Å². The van der Waals surface area contributed by atoms with Crippen molar-refractivity contribution in [3.05, 3.63) is 0 Å². The number of hydrogen-bond donors (Lipinski definition) is 1. The molecule has 0 radical (unpaired) electrons. The van der Waals surface area contributed by atoms with E-state index < -0.39 is 11.0 Å². The molecule has 0 saturated carbocycles. The van der Waals surface area contributed by atoms with Gasteiger partial charge in [0.25, 0.3) is 0 Å². The molecule has 60 valence electrons. The van der Waals surface area contributed by atoms with Crippen molar-refractivity contribution in [1.82, 2.24) is 4.31 Å². The summed E-state index contributed by atoms with van der Waals surface area (Å²) in [5.74, 6) is 0.688. The molecule has 0 aliphatic carbocycles. The molecule has 1 rings (SSSR count). The van der Waals surface area contributed by atoms with Crippen LogP contribution in [0.4, 0.5) is 0 Å². The predicted molar refractivity (Wildman–Crippen MR) is 42.6 cm³/mol. The van der Waals surface area contributed by atoms with Gasteiger partial charge in [0.2, 0.25) is 0 Å². The molecule has 0 amide bonds. The van der Waals surface area contributed by atoms with Crippen molar-refractivity contribution in [3.8, 4) is 0 Å². The van der Waals surface area contributed by atoms with E-state index in [1.807, 2.05) is 11.2 Å². The summed E-state index contributed by atoms with van der Waals surface area (Å²) < 4.78 is 13.1. The van der Waals surface area contributed by atoms with Crippen molar-refractivity contribution < 1.29 is 4.21 Å². The Morgan fingerprint density at radius 2 is 2.50 bits per heavy atom. The van der Waals surface area contributed by atoms with Gasteiger partial charge in [-0.1, -0.05) is 6.92 Å². The van der Waals surface area contributed by atoms with E-state index in [1.165, 1.54) is 0 Å². The highest BCUT2D eigenvalue weighted by Crippen LogP contribution is 2.14. The summed E-state index contributed by atoms with van der Waals surface area (Å²) in [6.45, 7) is 2.82. The fourth-order valence-corrected chi connectivity index (χ4v) is 2.26. The number of nitrogens with zero attached hydrogens (tertiary/aromatic N) is 1. The molecular weight excluding hydrogens is 148 g/mol. The molecule has 4 heteroatoms. The van der Waals surface area contributed by atoms with Gasteiger partial charge in [-0.15, -0.1) is 0 Å². The Bertz CT molecular complexity index is 140. The first-order valence-electron chi connectivity index (χ1n) is 3.66. The minimum Gasteiger partial charge on any atom is -0.315 e. The second-order valence-corrected chi connectivity index (χ2v) is 4.15. The maximum Gasteiger partial charge on any atom is 0.0953 e. The average molecular weight is 162 g/mol. The van der Waals surface area contributed by atoms with Gasteiger partial charge in [-0.2, -0.15) is 0 Å². The van der Waals surface area contributed by atoms with E-state index >= 15 is 0 Å². The summed E-state index contributed by atoms with van der Waals surface area (Å²) in [7, 11) is -0.824. The lowest BCUT2D eigenvalue weighted by Gasteiger charge is -2.17. The van der Waals surface area contributed by atoms with E-state index in [9.17, 15) is 4.21 Å². The average Bonchev–Trinajstić information content (AvgIpc) is 2.34. The number of hydrogen-bond acceptors (Lipinski definition) is 2. The van der Waals surface area contributed by atoms with Crippen LogP contribution in [0.2, 0.25) is 0 Å². The quantitative estimate of drug-likeness (QED) is 0.623. The fraction of sp³-hybridized carbons (Fsp3) is 1.00. The molecule has 1 saturated heterocycles. The third-order valence-corrected chi connectivity index (χ3v) is 3.23. The Morgan fingerprint density at radius 1 is 1.80 bits per heavy atom. The number of rotatable bonds is 2. The maximum absolute atomic E-state index is 11.2. The molecular formula is C6H14N2OS. The topological polar surface area (TPSA) is 46.3 Å². The molecule has 0 bridgehead atoms. The van der Waals surface area contributed by atoms with Gasteiger partial charge in [0.15, 0.2) is 0 Å². The third-order valence-electron chi connectivity index (χ3n) is 1.76. The molecule has 2 atom stereocenters. The molecule has 0 spiro atoms. The zero-order valence-corrected chi connectivity index (χ0v) is 7.06. The van der Waals surface area contributed by atoms with Gasteiger partial charge in [-0.25, -0.2) is 8.51 Å². The summed E-state index contributed by atoms with van der Waals surface area (Å²) >= 11 is 0. The molecule has 0 aromatic carbocycles. The molecule has 2 unspecified atom stereocenters. The van der Waals surface area contributed by atoms with Gasteiger partial charge in [0.05, 0.1) is 17.2 Å². The zero-order valence-electron chi connectivity index (χ0n) is 6.25. The maximum atomic E-state index is 11.2. The number of nitrogens with two attached hydrogens (primary N) is 1. The van der Waals surface area contributed by atoms with Crippen LogP contribution in [0.3, 0.4) is 0 Å². The summed E-state index contributed by atoms with van der Waals surface area (Å²) in [6, 6.07) is 0. The standard InChI is InChI=1S/C6H14N2OS/c1-2-10(9)8-5-3-4-6(8)7/h6H,2-5,7H2,1H3. The van der Waals surface area contributed by atoms with Crippen LogP contribution in [0, 0.1) is 0 Å². The van der Waals surface area contributed by atoms with Crippen molar-refractivity contribution in [2.75, 3.05) is 12.3 Å². The summed E-state index contributed by atoms with van der Waals surface area (Å²) in [4.78, 5) is 0. The summed E-state index contributed by atoms with van der Waals surface area (Å²) in [5, 5.41) is 0. The van der Waals surface area contributed by atoms with Crippen LogP contribution in [0.25, 0.3) is 0 Å². The van der Waals surface area contributed by atoms with Crippen LogP contribution in [-0.4, -0.2) is 27.0 Å². The van der Waals surface area contributed by atoms with Gasteiger partial charge >= 0.3 is 0 Å². The van der Waals surface area contributed by atoms with E-state index in [2.05, 4.69) is 0 Å². The highest BCUT2D eigenvalue weighted by Gasteiger charge is 2.24. The van der Waals surface area contributed by atoms with Crippen molar-refractivity contribution in [1.29, 1.82) is 0 Å². The first-order chi connectivity index (χ1) is 4.75. The first-order valence-corrected chi connectivity index (χ1v) is 4.94. The van der Waals surface area contributed by atoms with Crippen molar-refractivity contribution in [3.63, 3.8) is 0 Å². The molecule has 10 heavy (non-hydrogen) atoms. The predicted octanol–water partition coefficient (Wildman–Crippen LogP) is 0.0506. The van der Waals surface area contributed by atoms with Gasteiger partial charge in [0.1, 0.15) is 0 Å². The molecule has 3 nitrogen and oxygen atoms in total. The Hall–Kier alpha value is 0.0700. The Kier molecular flexibility index (Phi) is 2.82. The lowest BCUT2D eigenvalue weighted by molar-refractivity contribution is 0.426. The van der Waals surface area contributed by atoms with Crippen LogP contribution >= 0.6 is 0 Å². The normalized spacial score (nSPS) is 30.8. The highest BCUT2D eigenvalue weighted by atomic mass is 32.2. The molecule has 1 fully saturated rings. The van der Waals surface area contributed by atoms with E-state index in [0.717, 1.165) is 19.4 Å². The Balaban J connectivity index is 2.46. The molecule has 2 N–H and O–H groups in total. The minimum absolute atomic E-state index is 0.0424. The molecule has 0 aromatic heterocycles. The van der Waals surface area contributed by atoms with Crippen LogP contribution < -0.4 is 5.73 Å². The molecule has 1 aliphatic heterocycles. The van der Waals surface area contributed by atoms with Gasteiger partial charge in [-0.05, 0) is 12.8 Å². The smallest absolute Gasteiger partial charge is 0.0953 e. The van der Waals surface area contributed by atoms with Gasteiger partial charge in [0, 0.05) is 12.3 Å². The van der Waals surface area contributed by atoms with E-state index in [-0.39, 0.29) is 6.17 Å². The lowest BCUT2D eigenvalue weighted by atomic mass is 10.3. The van der Waals surface area contributed by atoms with Crippen LogP contribution in [-0.2, 0) is 11.0 Å². The molecule has 0 aromatic rings. The zero-order chi connectivity index (χ0) is 7.56. The Morgan fingerprint density at radius 3 is 2.90 bits per heavy atom. The second-order valence-electron chi connectivity index (χ2n) is 2.46. The largest absolute Gasteiger partial charge is 0.315 e. The van der Waals surface area contributed by atoms with Crippen molar-refractivity contribution in [2.45, 2.75) is 25.9 Å². The Labute approximate surface area is 64.2 Å². The van der Waals surface area contributed by atoms with E-state index in [4.69, 9.17) is 5.73 Å². The van der Waals surface area contributed by atoms with Crippen LogP contribution in [0.15, 0.2) is 0 Å². The van der Waals surface area contributed by atoms with Crippen molar-refractivity contribution >= 4 is 11.0 Å². The van der Waals surface area contributed by atoms with Crippen LogP contribution in [0.5, 0.6) is 0 Å². The summed E-state index contributed by atoms with van der Waals surface area (Å²) in [5.41, 5.74) is 5.69. The second kappa shape index (κ2) is 3.46. The molecule has 1 heterocycles. The van der Waals surface area contributed by atoms with Gasteiger partial charge in [-0.3, -0.25) is 0 Å². The van der Waals surface area contributed by atoms with E-state index in [1.54, 1.807) is 0 Å².